The molecule has 0 atom stereocenters. The fourth-order valence-electron chi connectivity index (χ4n) is 2.03. The van der Waals surface area contributed by atoms with Crippen LogP contribution in [0.2, 0.25) is 5.02 Å². The van der Waals surface area contributed by atoms with Crippen LogP contribution in [0.3, 0.4) is 0 Å². The molecule has 2 amide bonds. The van der Waals surface area contributed by atoms with Gasteiger partial charge in [-0.15, -0.1) is 0 Å². The van der Waals surface area contributed by atoms with E-state index in [0.29, 0.717) is 30.3 Å². The van der Waals surface area contributed by atoms with Gasteiger partial charge in [-0.1, -0.05) is 41.9 Å². The number of nitrogens with one attached hydrogen (secondary N) is 1. The summed E-state index contributed by atoms with van der Waals surface area (Å²) in [6.07, 6.45) is 3.14. The van der Waals surface area contributed by atoms with Gasteiger partial charge in [-0.25, -0.2) is 4.79 Å². The van der Waals surface area contributed by atoms with Crippen molar-refractivity contribution in [3.8, 4) is 0 Å². The topological polar surface area (TPSA) is 71.2 Å². The molecule has 0 aliphatic carbocycles. The van der Waals surface area contributed by atoms with Crippen LogP contribution in [-0.2, 0) is 6.54 Å². The zero-order valence-corrected chi connectivity index (χ0v) is 13.2. The van der Waals surface area contributed by atoms with Crippen molar-refractivity contribution in [1.29, 1.82) is 0 Å². The molecule has 2 rings (SSSR count). The molecule has 0 radical (unpaired) electrons. The summed E-state index contributed by atoms with van der Waals surface area (Å²) in [6.45, 7) is 3.20. The smallest absolute Gasteiger partial charge is 0.322 e. The number of carbonyl (C=O) groups is 1. The monoisotopic (exact) mass is 318 g/mol. The average Bonchev–Trinajstić information content (AvgIpc) is 2.52. The molecule has 1 aromatic heterocycles. The largest absolute Gasteiger partial charge is 0.329 e. The number of hydrogen-bond acceptors (Lipinski definition) is 3. The molecule has 0 unspecified atom stereocenters. The molecule has 0 bridgehead atoms. The Balaban J connectivity index is 2.11. The third-order valence-corrected chi connectivity index (χ3v) is 3.68. The van der Waals surface area contributed by atoms with Gasteiger partial charge in [0, 0.05) is 25.8 Å². The van der Waals surface area contributed by atoms with E-state index in [1.165, 1.54) is 0 Å². The Morgan fingerprint density at radius 1 is 1.32 bits per heavy atom. The van der Waals surface area contributed by atoms with E-state index in [2.05, 4.69) is 10.3 Å². The van der Waals surface area contributed by atoms with Crippen LogP contribution in [0.4, 0.5) is 10.5 Å². The van der Waals surface area contributed by atoms with Crippen LogP contribution in [-0.4, -0.2) is 29.0 Å². The molecule has 1 aromatic carbocycles. The SMILES string of the molecule is Cc1c(Cl)cncc1NC(=O)N(CCN)Cc1ccccc1. The average molecular weight is 319 g/mol. The van der Waals surface area contributed by atoms with Gasteiger partial charge in [0.1, 0.15) is 0 Å². The Morgan fingerprint density at radius 3 is 2.73 bits per heavy atom. The van der Waals surface area contributed by atoms with Crippen LogP contribution < -0.4 is 11.1 Å². The second-order valence-corrected chi connectivity index (χ2v) is 5.33. The number of anilines is 1. The zero-order valence-electron chi connectivity index (χ0n) is 12.4. The summed E-state index contributed by atoms with van der Waals surface area (Å²) in [5.41, 5.74) is 8.05. The molecule has 0 saturated carbocycles. The minimum absolute atomic E-state index is 0.221. The van der Waals surface area contributed by atoms with Crippen LogP contribution in [0.1, 0.15) is 11.1 Å². The van der Waals surface area contributed by atoms with E-state index in [1.54, 1.807) is 17.3 Å². The lowest BCUT2D eigenvalue weighted by Gasteiger charge is -2.23. The molecule has 2 aromatic rings. The number of aromatic nitrogens is 1. The first-order valence-corrected chi connectivity index (χ1v) is 7.39. The Kier molecular flexibility index (Phi) is 5.75. The molecule has 0 fully saturated rings. The predicted octanol–water partition coefficient (Wildman–Crippen LogP) is 3.04. The van der Waals surface area contributed by atoms with Crippen molar-refractivity contribution < 1.29 is 4.79 Å². The Bertz CT molecular complexity index is 633. The first-order chi connectivity index (χ1) is 10.6. The molecule has 1 heterocycles. The number of halogens is 1. The van der Waals surface area contributed by atoms with Gasteiger partial charge in [0.25, 0.3) is 0 Å². The molecule has 5 nitrogen and oxygen atoms in total. The maximum Gasteiger partial charge on any atom is 0.322 e. The molecular formula is C16H19ClN4O. The van der Waals surface area contributed by atoms with Gasteiger partial charge in [-0.05, 0) is 18.1 Å². The molecule has 0 aliphatic heterocycles. The molecule has 0 saturated heterocycles. The van der Waals surface area contributed by atoms with Crippen molar-refractivity contribution >= 4 is 23.3 Å². The first-order valence-electron chi connectivity index (χ1n) is 7.02. The summed E-state index contributed by atoms with van der Waals surface area (Å²) < 4.78 is 0. The Hall–Kier alpha value is -2.11. The van der Waals surface area contributed by atoms with E-state index >= 15 is 0 Å². The molecular weight excluding hydrogens is 300 g/mol. The van der Waals surface area contributed by atoms with E-state index in [-0.39, 0.29) is 6.03 Å². The maximum atomic E-state index is 12.5. The van der Waals surface area contributed by atoms with Gasteiger partial charge in [-0.3, -0.25) is 4.98 Å². The summed E-state index contributed by atoms with van der Waals surface area (Å²) in [6, 6.07) is 9.56. The number of nitrogens with zero attached hydrogens (tertiary/aromatic N) is 2. The summed E-state index contributed by atoms with van der Waals surface area (Å²) in [5, 5.41) is 3.36. The van der Waals surface area contributed by atoms with Crippen LogP contribution >= 0.6 is 11.6 Å². The second-order valence-electron chi connectivity index (χ2n) is 4.92. The van der Waals surface area contributed by atoms with E-state index < -0.39 is 0 Å². The highest BCUT2D eigenvalue weighted by Gasteiger charge is 2.15. The zero-order chi connectivity index (χ0) is 15.9. The lowest BCUT2D eigenvalue weighted by Crippen LogP contribution is -2.38. The summed E-state index contributed by atoms with van der Waals surface area (Å²) >= 11 is 6.02. The molecule has 6 heteroatoms. The Morgan fingerprint density at radius 2 is 2.05 bits per heavy atom. The number of benzene rings is 1. The number of rotatable bonds is 5. The fraction of sp³-hybridized carbons (Fsp3) is 0.250. The maximum absolute atomic E-state index is 12.5. The third kappa shape index (κ3) is 4.19. The van der Waals surface area contributed by atoms with Crippen molar-refractivity contribution in [1.82, 2.24) is 9.88 Å². The lowest BCUT2D eigenvalue weighted by atomic mass is 10.2. The van der Waals surface area contributed by atoms with Crippen molar-refractivity contribution in [3.63, 3.8) is 0 Å². The van der Waals surface area contributed by atoms with E-state index in [1.807, 2.05) is 37.3 Å². The second kappa shape index (κ2) is 7.77. The molecule has 22 heavy (non-hydrogen) atoms. The van der Waals surface area contributed by atoms with Crippen molar-refractivity contribution in [2.24, 2.45) is 5.73 Å². The fourth-order valence-corrected chi connectivity index (χ4v) is 2.19. The first kappa shape index (κ1) is 16.3. The minimum Gasteiger partial charge on any atom is -0.329 e. The highest BCUT2D eigenvalue weighted by Crippen LogP contribution is 2.21. The predicted molar refractivity (Wildman–Crippen MR) is 88.9 cm³/mol. The van der Waals surface area contributed by atoms with E-state index in [4.69, 9.17) is 17.3 Å². The summed E-state index contributed by atoms with van der Waals surface area (Å²) in [5.74, 6) is 0. The van der Waals surface area contributed by atoms with Crippen LogP contribution in [0.15, 0.2) is 42.7 Å². The quantitative estimate of drug-likeness (QED) is 0.890. The standard InChI is InChI=1S/C16H19ClN4O/c1-12-14(17)9-19-10-15(12)20-16(22)21(8-7-18)11-13-5-3-2-4-6-13/h2-6,9-10H,7-8,11,18H2,1H3,(H,20,22). The van der Waals surface area contributed by atoms with Crippen LogP contribution in [0.25, 0.3) is 0 Å². The van der Waals surface area contributed by atoms with Gasteiger partial charge < -0.3 is 16.0 Å². The van der Waals surface area contributed by atoms with Crippen molar-refractivity contribution in [2.45, 2.75) is 13.5 Å². The van der Waals surface area contributed by atoms with Gasteiger partial charge >= 0.3 is 6.03 Å². The molecule has 0 aliphatic rings. The minimum atomic E-state index is -0.221. The lowest BCUT2D eigenvalue weighted by molar-refractivity contribution is 0.210. The van der Waals surface area contributed by atoms with Gasteiger partial charge in [-0.2, -0.15) is 0 Å². The Labute approximate surface area is 135 Å². The number of hydrogen-bond donors (Lipinski definition) is 2. The number of amides is 2. The summed E-state index contributed by atoms with van der Waals surface area (Å²) in [4.78, 5) is 18.1. The number of nitrogens with two attached hydrogens (primary N) is 1. The summed E-state index contributed by atoms with van der Waals surface area (Å²) in [7, 11) is 0. The van der Waals surface area contributed by atoms with Gasteiger partial charge in [0.2, 0.25) is 0 Å². The molecule has 3 N–H and O–H groups in total. The number of urea groups is 1. The van der Waals surface area contributed by atoms with E-state index in [0.717, 1.165) is 11.1 Å². The molecule has 116 valence electrons. The highest BCUT2D eigenvalue weighted by molar-refractivity contribution is 6.31. The van der Waals surface area contributed by atoms with Crippen molar-refractivity contribution in [3.05, 3.63) is 58.9 Å². The number of carbonyl (C=O) groups excluding carboxylic acids is 1. The van der Waals surface area contributed by atoms with E-state index in [9.17, 15) is 4.79 Å². The number of pyridine rings is 1. The highest BCUT2D eigenvalue weighted by atomic mass is 35.5. The van der Waals surface area contributed by atoms with Gasteiger partial charge in [0.05, 0.1) is 16.9 Å². The molecule has 0 spiro atoms. The van der Waals surface area contributed by atoms with Gasteiger partial charge in [0.15, 0.2) is 0 Å². The third-order valence-electron chi connectivity index (χ3n) is 3.30. The normalized spacial score (nSPS) is 10.3. The van der Waals surface area contributed by atoms with Crippen LogP contribution in [0, 0.1) is 6.92 Å². The van der Waals surface area contributed by atoms with Crippen LogP contribution in [0.5, 0.6) is 0 Å². The van der Waals surface area contributed by atoms with Crippen molar-refractivity contribution in [2.75, 3.05) is 18.4 Å².